The van der Waals surface area contributed by atoms with Gasteiger partial charge in [-0.05, 0) is 32.1 Å². The highest BCUT2D eigenvalue weighted by atomic mass is 127. The number of piperidine rings is 1. The Kier molecular flexibility index (Phi) is 11.5. The van der Waals surface area contributed by atoms with Gasteiger partial charge in [0.05, 0.1) is 12.7 Å². The van der Waals surface area contributed by atoms with Crippen LogP contribution in [0.2, 0.25) is 0 Å². The summed E-state index contributed by atoms with van der Waals surface area (Å²) < 4.78 is 72.2. The number of rotatable bonds is 8. The van der Waals surface area contributed by atoms with Crippen LogP contribution in [0, 0.1) is 0 Å². The van der Waals surface area contributed by atoms with Gasteiger partial charge in [0.2, 0.25) is 0 Å². The summed E-state index contributed by atoms with van der Waals surface area (Å²) >= 11 is 0. The Morgan fingerprint density at radius 1 is 1.28 bits per heavy atom. The van der Waals surface area contributed by atoms with E-state index in [9.17, 15) is 21.6 Å². The molecule has 2 aliphatic rings. The fourth-order valence-corrected chi connectivity index (χ4v) is 4.13. The zero-order chi connectivity index (χ0) is 20.6. The van der Waals surface area contributed by atoms with E-state index < -0.39 is 15.5 Å². The normalized spacial score (nSPS) is 22.3. The van der Waals surface area contributed by atoms with Gasteiger partial charge < -0.3 is 20.1 Å². The van der Waals surface area contributed by atoms with Crippen molar-refractivity contribution in [2.24, 2.45) is 4.99 Å². The first-order valence-corrected chi connectivity index (χ1v) is 10.9. The summed E-state index contributed by atoms with van der Waals surface area (Å²) in [4.78, 5) is 4.09. The third-order valence-electron chi connectivity index (χ3n) is 4.74. The molecule has 2 fully saturated rings. The molecular weight excluding hydrogens is 528 g/mol. The van der Waals surface area contributed by atoms with Crippen LogP contribution in [0.25, 0.3) is 0 Å². The van der Waals surface area contributed by atoms with Crippen molar-refractivity contribution < 1.29 is 31.1 Å². The monoisotopic (exact) mass is 558 g/mol. The van der Waals surface area contributed by atoms with E-state index in [0.29, 0.717) is 30.0 Å². The van der Waals surface area contributed by atoms with Crippen molar-refractivity contribution in [2.75, 3.05) is 46.5 Å². The number of sulfonamides is 1. The molecule has 1 unspecified atom stereocenters. The Hall–Kier alpha value is -0.380. The fourth-order valence-electron chi connectivity index (χ4n) is 3.15. The van der Waals surface area contributed by atoms with Crippen molar-refractivity contribution in [1.29, 1.82) is 0 Å². The molecule has 8 nitrogen and oxygen atoms in total. The maximum absolute atomic E-state index is 12.6. The molecule has 2 aliphatic heterocycles. The van der Waals surface area contributed by atoms with E-state index in [2.05, 4.69) is 15.6 Å². The summed E-state index contributed by atoms with van der Waals surface area (Å²) in [6.45, 7) is 2.29. The zero-order valence-corrected chi connectivity index (χ0v) is 19.6. The number of ether oxygens (including phenoxy) is 2. The van der Waals surface area contributed by atoms with E-state index >= 15 is 0 Å². The molecule has 2 heterocycles. The highest BCUT2D eigenvalue weighted by Gasteiger charge is 2.50. The van der Waals surface area contributed by atoms with E-state index in [1.54, 1.807) is 7.05 Å². The smallest absolute Gasteiger partial charge is 0.379 e. The molecule has 0 spiro atoms. The molecule has 29 heavy (non-hydrogen) atoms. The molecule has 0 saturated carbocycles. The lowest BCUT2D eigenvalue weighted by Gasteiger charge is -2.32. The number of hydrogen-bond donors (Lipinski definition) is 2. The van der Waals surface area contributed by atoms with Crippen LogP contribution in [0.15, 0.2) is 4.99 Å². The number of guanidine groups is 1. The number of halogens is 4. The van der Waals surface area contributed by atoms with Gasteiger partial charge in [-0.3, -0.25) is 4.99 Å². The largest absolute Gasteiger partial charge is 0.511 e. The molecule has 0 radical (unpaired) electrons. The molecule has 0 aromatic rings. The van der Waals surface area contributed by atoms with Crippen LogP contribution >= 0.6 is 24.0 Å². The predicted molar refractivity (Wildman–Crippen MR) is 114 cm³/mol. The average Bonchev–Trinajstić information content (AvgIpc) is 3.16. The first kappa shape index (κ1) is 26.7. The van der Waals surface area contributed by atoms with Gasteiger partial charge in [-0.2, -0.15) is 17.5 Å². The van der Waals surface area contributed by atoms with Crippen molar-refractivity contribution in [3.63, 3.8) is 0 Å². The summed E-state index contributed by atoms with van der Waals surface area (Å²) in [5.41, 5.74) is -5.25. The van der Waals surface area contributed by atoms with Crippen molar-refractivity contribution in [1.82, 2.24) is 14.9 Å². The molecule has 2 saturated heterocycles. The molecule has 0 aromatic carbocycles. The molecule has 0 amide bonds. The van der Waals surface area contributed by atoms with E-state index in [4.69, 9.17) is 9.47 Å². The fraction of sp³-hybridized carbons (Fsp3) is 0.938. The van der Waals surface area contributed by atoms with Gasteiger partial charge in [-0.1, -0.05) is 0 Å². The van der Waals surface area contributed by atoms with Crippen LogP contribution in [-0.4, -0.2) is 82.8 Å². The summed E-state index contributed by atoms with van der Waals surface area (Å²) in [6, 6.07) is -0.137. The third-order valence-corrected chi connectivity index (χ3v) is 6.37. The summed E-state index contributed by atoms with van der Waals surface area (Å²) in [6.07, 6.45) is 3.65. The van der Waals surface area contributed by atoms with E-state index in [-0.39, 0.29) is 62.1 Å². The lowest BCUT2D eigenvalue weighted by Crippen LogP contribution is -2.51. The molecule has 0 bridgehead atoms. The predicted octanol–water partition coefficient (Wildman–Crippen LogP) is 1.67. The SMILES string of the molecule is CN=C(NCCCOCC1CCCO1)NC1CCN(S(=O)(=O)C(F)(F)F)CC1.I. The van der Waals surface area contributed by atoms with Gasteiger partial charge in [0.25, 0.3) is 0 Å². The molecule has 172 valence electrons. The summed E-state index contributed by atoms with van der Waals surface area (Å²) in [5.74, 6) is 0.538. The Morgan fingerprint density at radius 3 is 2.52 bits per heavy atom. The van der Waals surface area contributed by atoms with Crippen LogP contribution in [0.5, 0.6) is 0 Å². The molecular formula is C16H30F3IN4O4S. The van der Waals surface area contributed by atoms with Gasteiger partial charge >= 0.3 is 15.5 Å². The first-order valence-electron chi connectivity index (χ1n) is 9.47. The Balaban J connectivity index is 0.00000420. The second kappa shape index (κ2) is 12.5. The Bertz CT molecular complexity index is 608. The van der Waals surface area contributed by atoms with Crippen molar-refractivity contribution in [2.45, 2.75) is 49.8 Å². The quantitative estimate of drug-likeness (QED) is 0.204. The van der Waals surface area contributed by atoms with Crippen molar-refractivity contribution in [3.8, 4) is 0 Å². The molecule has 0 aromatic heterocycles. The number of aliphatic imine (C=N–C) groups is 1. The van der Waals surface area contributed by atoms with Gasteiger partial charge in [-0.15, -0.1) is 24.0 Å². The summed E-state index contributed by atoms with van der Waals surface area (Å²) in [7, 11) is -3.65. The van der Waals surface area contributed by atoms with E-state index in [0.717, 1.165) is 25.9 Å². The standard InChI is InChI=1S/C16H29F3N4O4S.HI/c1-20-15(21-7-3-10-26-12-14-4-2-11-27-14)22-13-5-8-23(9-6-13)28(24,25)16(17,18)19;/h13-14H,2-12H2,1H3,(H2,20,21,22);1H. The minimum atomic E-state index is -5.25. The van der Waals surface area contributed by atoms with Crippen LogP contribution in [0.4, 0.5) is 13.2 Å². The first-order chi connectivity index (χ1) is 13.2. The van der Waals surface area contributed by atoms with Gasteiger partial charge in [0, 0.05) is 45.9 Å². The second-order valence-electron chi connectivity index (χ2n) is 6.83. The minimum Gasteiger partial charge on any atom is -0.379 e. The highest BCUT2D eigenvalue weighted by molar-refractivity contribution is 14.0. The molecule has 1 atom stereocenters. The van der Waals surface area contributed by atoms with Gasteiger partial charge in [-0.25, -0.2) is 8.42 Å². The van der Waals surface area contributed by atoms with Gasteiger partial charge in [0.1, 0.15) is 0 Å². The van der Waals surface area contributed by atoms with E-state index in [1.807, 2.05) is 0 Å². The zero-order valence-electron chi connectivity index (χ0n) is 16.4. The lowest BCUT2D eigenvalue weighted by atomic mass is 10.1. The molecule has 13 heteroatoms. The van der Waals surface area contributed by atoms with Crippen LogP contribution in [0.3, 0.4) is 0 Å². The van der Waals surface area contributed by atoms with Crippen molar-refractivity contribution in [3.05, 3.63) is 0 Å². The number of nitrogens with zero attached hydrogens (tertiary/aromatic N) is 2. The number of hydrogen-bond acceptors (Lipinski definition) is 5. The van der Waals surface area contributed by atoms with E-state index in [1.165, 1.54) is 0 Å². The summed E-state index contributed by atoms with van der Waals surface area (Å²) in [5, 5.41) is 6.25. The van der Waals surface area contributed by atoms with Crippen LogP contribution in [-0.2, 0) is 19.5 Å². The average molecular weight is 558 g/mol. The molecule has 2 N–H and O–H groups in total. The second-order valence-corrected chi connectivity index (χ2v) is 8.76. The lowest BCUT2D eigenvalue weighted by molar-refractivity contribution is -0.0494. The van der Waals surface area contributed by atoms with Crippen molar-refractivity contribution >= 4 is 40.0 Å². The Labute approximate surface area is 187 Å². The van der Waals surface area contributed by atoms with Crippen LogP contribution in [0.1, 0.15) is 32.1 Å². The Morgan fingerprint density at radius 2 is 1.97 bits per heavy atom. The molecule has 0 aliphatic carbocycles. The van der Waals surface area contributed by atoms with Crippen LogP contribution < -0.4 is 10.6 Å². The highest BCUT2D eigenvalue weighted by Crippen LogP contribution is 2.28. The maximum Gasteiger partial charge on any atom is 0.511 e. The maximum atomic E-state index is 12.6. The van der Waals surface area contributed by atoms with Gasteiger partial charge in [0.15, 0.2) is 5.96 Å². The minimum absolute atomic E-state index is 0. The number of alkyl halides is 3. The molecule has 2 rings (SSSR count). The third kappa shape index (κ3) is 8.34. The number of nitrogens with one attached hydrogen (secondary N) is 2. The topological polar surface area (TPSA) is 92.3 Å².